The quantitative estimate of drug-likeness (QED) is 0.654. The van der Waals surface area contributed by atoms with Crippen molar-refractivity contribution in [2.75, 3.05) is 0 Å². The van der Waals surface area contributed by atoms with Crippen LogP contribution < -0.4 is 3.26 Å². The van der Waals surface area contributed by atoms with Gasteiger partial charge in [0.05, 0.1) is 0 Å². The Morgan fingerprint density at radius 3 is 2.45 bits per heavy atom. The summed E-state index contributed by atoms with van der Waals surface area (Å²) in [4.78, 5) is 0. The Kier molecular flexibility index (Phi) is 4.22. The van der Waals surface area contributed by atoms with Gasteiger partial charge in [-0.3, -0.25) is 0 Å². The molecule has 2 rings (SSSR count). The predicted molar refractivity (Wildman–Crippen MR) is 97.0 cm³/mol. The van der Waals surface area contributed by atoms with Gasteiger partial charge in [-0.05, 0) is 0 Å². The molecule has 1 unspecified atom stereocenters. The smallest absolute Gasteiger partial charge is 1.00 e. The molecular weight excluding hydrogens is 405 g/mol. The fraction of sp³-hybridized carbons (Fsp3) is 0.500. The van der Waals surface area contributed by atoms with Gasteiger partial charge in [0.15, 0.2) is 0 Å². The number of fused-ring (bicyclic) bond motifs is 1. The van der Waals surface area contributed by atoms with E-state index in [0.717, 1.165) is 0 Å². The van der Waals surface area contributed by atoms with Gasteiger partial charge in [0, 0.05) is 0 Å². The van der Waals surface area contributed by atoms with Crippen molar-refractivity contribution in [1.29, 1.82) is 0 Å². The van der Waals surface area contributed by atoms with Crippen LogP contribution in [0.3, 0.4) is 0 Å². The van der Waals surface area contributed by atoms with E-state index in [-0.39, 0.29) is 9.82 Å². The second-order valence-electron chi connectivity index (χ2n) is 8.25. The van der Waals surface area contributed by atoms with Crippen molar-refractivity contribution in [1.82, 2.24) is 3.26 Å². The molecule has 0 bridgehead atoms. The molecule has 0 saturated heterocycles. The van der Waals surface area contributed by atoms with Gasteiger partial charge >= 0.3 is 135 Å². The largest absolute Gasteiger partial charge is 1.00 e. The van der Waals surface area contributed by atoms with E-state index in [1.165, 1.54) is 21.2 Å². The molecule has 1 aromatic rings. The zero-order valence-corrected chi connectivity index (χ0v) is 18.9. The Bertz CT molecular complexity index is 662. The van der Waals surface area contributed by atoms with Crippen LogP contribution in [0.4, 0.5) is 0 Å². The van der Waals surface area contributed by atoms with Gasteiger partial charge in [0.1, 0.15) is 0 Å². The molecule has 0 amide bonds. The molecule has 0 heterocycles. The normalized spacial score (nSPS) is 19.8. The van der Waals surface area contributed by atoms with Crippen LogP contribution in [0.1, 0.15) is 46.7 Å². The average Bonchev–Trinajstić information content (AvgIpc) is 2.51. The molecule has 1 aliphatic rings. The van der Waals surface area contributed by atoms with Gasteiger partial charge in [0.25, 0.3) is 0 Å². The van der Waals surface area contributed by atoms with E-state index in [4.69, 9.17) is 0 Å². The summed E-state index contributed by atoms with van der Waals surface area (Å²) in [5.41, 5.74) is 4.60. The topological polar surface area (TPSA) is 12.0 Å². The molecule has 0 radical (unpaired) electrons. The molecule has 4 heteroatoms. The molecule has 1 N–H and O–H groups in total. The minimum Gasteiger partial charge on any atom is -1.00 e. The third-order valence-electron chi connectivity index (χ3n) is 3.94. The van der Waals surface area contributed by atoms with Gasteiger partial charge in [-0.25, -0.2) is 0 Å². The zero-order chi connectivity index (χ0) is 15.4. The summed E-state index contributed by atoms with van der Waals surface area (Å²) in [5, 5.41) is 0. The Balaban J connectivity index is 0. The first-order valence-electron chi connectivity index (χ1n) is 7.23. The van der Waals surface area contributed by atoms with Crippen LogP contribution >= 0.6 is 15.9 Å². The van der Waals surface area contributed by atoms with Crippen LogP contribution in [0.15, 0.2) is 28.2 Å². The molecule has 20 heavy (non-hydrogen) atoms. The van der Waals surface area contributed by atoms with Crippen molar-refractivity contribution in [3.8, 4) is 0 Å². The maximum Gasteiger partial charge on any atom is -1.00 e. The van der Waals surface area contributed by atoms with E-state index < -0.39 is 17.7 Å². The first kappa shape index (κ1) is 16.9. The SMILES string of the molecule is CC1=Cc2c(Br)cccc2[CH]1[Zr]([CH3])([CH3])(=[SiH2])[NH]C(C)(C)C.[H-].[H-].[H-]. The fourth-order valence-corrected chi connectivity index (χ4v) is 24.2. The summed E-state index contributed by atoms with van der Waals surface area (Å²) in [5.74, 6) is 0. The minimum atomic E-state index is -3.04. The van der Waals surface area contributed by atoms with Crippen molar-refractivity contribution >= 4 is 28.9 Å². The summed E-state index contributed by atoms with van der Waals surface area (Å²) in [6.45, 7) is 11.4. The summed E-state index contributed by atoms with van der Waals surface area (Å²) < 4.78 is 11.0. The average molecular weight is 435 g/mol. The number of halogens is 1. The van der Waals surface area contributed by atoms with Gasteiger partial charge in [-0.15, -0.1) is 0 Å². The van der Waals surface area contributed by atoms with Crippen molar-refractivity contribution < 1.29 is 22.0 Å². The minimum absolute atomic E-state index is 0. The molecule has 0 aliphatic heterocycles. The Morgan fingerprint density at radius 1 is 1.30 bits per heavy atom. The van der Waals surface area contributed by atoms with E-state index >= 15 is 0 Å². The standard InChI is InChI=1S/C10H8Br.C4H10N.2CH3.H2Si.Zr.3H/c1-7-5-8-3-2-4-10(11)9(8)6-7;1-4(2,3)5;;;;;;;/h2-6H,1H3;5H,1-3H3;2*1H3;1H2;;;;/q;-1;;;;+1;3*-1. The molecule has 1 aliphatic carbocycles. The van der Waals surface area contributed by atoms with Gasteiger partial charge in [0.2, 0.25) is 0 Å². The summed E-state index contributed by atoms with van der Waals surface area (Å²) in [6, 6.07) is 6.64. The Morgan fingerprint density at radius 2 is 1.90 bits per heavy atom. The molecule has 1 aromatic carbocycles. The Labute approximate surface area is 139 Å². The monoisotopic (exact) mass is 432 g/mol. The first-order chi connectivity index (χ1) is 8.89. The number of allylic oxidation sites excluding steroid dienone is 1. The number of hydrogen-bond donors (Lipinski definition) is 1. The van der Waals surface area contributed by atoms with Crippen LogP contribution in [-0.4, -0.2) is 12.4 Å². The second-order valence-corrected chi connectivity index (χ2v) is 37.8. The molecule has 0 saturated carbocycles. The first-order valence-corrected chi connectivity index (χ1v) is 21.5. The van der Waals surface area contributed by atoms with Gasteiger partial charge in [-0.2, -0.15) is 0 Å². The van der Waals surface area contributed by atoms with Crippen LogP contribution in [-0.2, 0) is 17.7 Å². The number of rotatable bonds is 2. The van der Waals surface area contributed by atoms with Crippen molar-refractivity contribution in [2.45, 2.75) is 46.1 Å². The van der Waals surface area contributed by atoms with E-state index in [1.807, 2.05) is 0 Å². The van der Waals surface area contributed by atoms with Crippen LogP contribution in [0.25, 0.3) is 6.08 Å². The third-order valence-corrected chi connectivity index (χ3v) is 18.4. The molecule has 1 atom stereocenters. The molecule has 1 nitrogen and oxygen atoms in total. The molecule has 0 aromatic heterocycles. The van der Waals surface area contributed by atoms with E-state index in [2.05, 4.69) is 87.3 Å². The van der Waals surface area contributed by atoms with Crippen LogP contribution in [0, 0.1) is 0 Å². The molecule has 0 spiro atoms. The van der Waals surface area contributed by atoms with Gasteiger partial charge in [-0.1, -0.05) is 0 Å². The summed E-state index contributed by atoms with van der Waals surface area (Å²) in [6.07, 6.45) is 2.38. The maximum absolute atomic E-state index is 4.07. The summed E-state index contributed by atoms with van der Waals surface area (Å²) >= 11 is 0.671. The number of benzene rings is 1. The fourth-order valence-electron chi connectivity index (χ4n) is 4.05. The number of nitrogens with one attached hydrogen (secondary N) is 1. The van der Waals surface area contributed by atoms with Crippen molar-refractivity contribution in [3.63, 3.8) is 0 Å². The molecule has 116 valence electrons. The Hall–Kier alpha value is 0.500. The molecular formula is C16H29BrNSiZr-3. The third kappa shape index (κ3) is 3.29. The predicted octanol–water partition coefficient (Wildman–Crippen LogP) is 4.88. The molecule has 0 fully saturated rings. The summed E-state index contributed by atoms with van der Waals surface area (Å²) in [7, 11) is 0. The van der Waals surface area contributed by atoms with Crippen LogP contribution in [0.2, 0.25) is 9.26 Å². The van der Waals surface area contributed by atoms with E-state index in [9.17, 15) is 0 Å². The number of hydrogen-bond acceptors (Lipinski definition) is 1. The van der Waals surface area contributed by atoms with Gasteiger partial charge < -0.3 is 4.28 Å². The van der Waals surface area contributed by atoms with E-state index in [1.54, 1.807) is 0 Å². The van der Waals surface area contributed by atoms with Crippen molar-refractivity contribution in [3.05, 3.63) is 39.4 Å². The second kappa shape index (κ2) is 5.01. The van der Waals surface area contributed by atoms with Crippen molar-refractivity contribution in [2.24, 2.45) is 0 Å². The van der Waals surface area contributed by atoms with E-state index in [0.29, 0.717) is 3.63 Å². The maximum atomic E-state index is 4.07. The zero-order valence-electron chi connectivity index (χ0n) is 16.5. The van der Waals surface area contributed by atoms with Crippen LogP contribution in [0.5, 0.6) is 0 Å².